The van der Waals surface area contributed by atoms with Gasteiger partial charge in [-0.05, 0) is 65.3 Å². The third-order valence-corrected chi connectivity index (χ3v) is 6.49. The molecule has 0 spiro atoms. The lowest BCUT2D eigenvalue weighted by Gasteiger charge is -2.41. The van der Waals surface area contributed by atoms with Crippen molar-refractivity contribution in [1.29, 1.82) is 0 Å². The number of aromatic nitrogens is 2. The van der Waals surface area contributed by atoms with Crippen molar-refractivity contribution in [3.8, 4) is 0 Å². The van der Waals surface area contributed by atoms with E-state index in [0.29, 0.717) is 13.0 Å². The maximum Gasteiger partial charge on any atom is 0.335 e. The average Bonchev–Trinajstić information content (AvgIpc) is 3.24. The highest BCUT2D eigenvalue weighted by molar-refractivity contribution is 5.93. The Morgan fingerprint density at radius 3 is 2.44 bits per heavy atom. The highest BCUT2D eigenvalue weighted by Gasteiger charge is 2.43. The predicted octanol–water partition coefficient (Wildman–Crippen LogP) is 5.33. The van der Waals surface area contributed by atoms with E-state index in [-0.39, 0.29) is 16.8 Å². The molecule has 164 valence electrons. The molecular formula is C27H28N2O3. The van der Waals surface area contributed by atoms with Crippen LogP contribution in [-0.2, 0) is 22.2 Å². The molecule has 1 N–H and O–H groups in total. The average molecular weight is 429 g/mol. The van der Waals surface area contributed by atoms with Crippen LogP contribution < -0.4 is 0 Å². The Morgan fingerprint density at radius 1 is 1.09 bits per heavy atom. The smallest absolute Gasteiger partial charge is 0.335 e. The summed E-state index contributed by atoms with van der Waals surface area (Å²) in [4.78, 5) is 24.0. The molecule has 0 saturated heterocycles. The minimum absolute atomic E-state index is 0.226. The number of Topliss-reactive ketones (excluding diaryl/α,β-unsaturated/α-hetero) is 1. The van der Waals surface area contributed by atoms with Crippen LogP contribution in [0.3, 0.4) is 0 Å². The van der Waals surface area contributed by atoms with Crippen LogP contribution in [-0.4, -0.2) is 26.6 Å². The first-order chi connectivity index (χ1) is 15.1. The fourth-order valence-corrected chi connectivity index (χ4v) is 4.39. The van der Waals surface area contributed by atoms with Crippen molar-refractivity contribution in [3.63, 3.8) is 0 Å². The lowest BCUT2D eigenvalue weighted by Crippen LogP contribution is -2.42. The molecule has 0 aliphatic heterocycles. The number of hydrogen-bond donors (Lipinski definition) is 1. The van der Waals surface area contributed by atoms with E-state index >= 15 is 0 Å². The molecule has 3 aromatic rings. The van der Waals surface area contributed by atoms with Gasteiger partial charge in [0.05, 0.1) is 12.1 Å². The Labute approximate surface area is 188 Å². The number of carbonyl (C=O) groups excluding carboxylic acids is 1. The van der Waals surface area contributed by atoms with E-state index in [0.717, 1.165) is 22.3 Å². The largest absolute Gasteiger partial charge is 0.478 e. The van der Waals surface area contributed by atoms with Crippen molar-refractivity contribution in [3.05, 3.63) is 88.2 Å². The molecule has 32 heavy (non-hydrogen) atoms. The molecular weight excluding hydrogens is 400 g/mol. The van der Waals surface area contributed by atoms with Gasteiger partial charge in [-0.3, -0.25) is 9.48 Å². The van der Waals surface area contributed by atoms with Gasteiger partial charge in [-0.1, -0.05) is 50.3 Å². The fraction of sp³-hybridized carbons (Fsp3) is 0.296. The van der Waals surface area contributed by atoms with Crippen molar-refractivity contribution in [2.75, 3.05) is 0 Å². The Hall–Kier alpha value is -3.47. The second-order valence-corrected chi connectivity index (χ2v) is 9.67. The van der Waals surface area contributed by atoms with Crippen LogP contribution in [0.4, 0.5) is 0 Å². The van der Waals surface area contributed by atoms with Crippen LogP contribution in [0.1, 0.15) is 72.3 Å². The summed E-state index contributed by atoms with van der Waals surface area (Å²) in [7, 11) is 0. The molecule has 4 rings (SSSR count). The van der Waals surface area contributed by atoms with Gasteiger partial charge in [-0.25, -0.2) is 4.79 Å². The van der Waals surface area contributed by atoms with Crippen LogP contribution >= 0.6 is 0 Å². The van der Waals surface area contributed by atoms with Gasteiger partial charge in [0.1, 0.15) is 5.78 Å². The van der Waals surface area contributed by atoms with Gasteiger partial charge in [0, 0.05) is 24.2 Å². The summed E-state index contributed by atoms with van der Waals surface area (Å²) in [5.74, 6) is -0.680. The van der Waals surface area contributed by atoms with Crippen LogP contribution in [0.2, 0.25) is 0 Å². The van der Waals surface area contributed by atoms with E-state index in [4.69, 9.17) is 5.11 Å². The zero-order chi connectivity index (χ0) is 23.1. The minimum Gasteiger partial charge on any atom is -0.478 e. The molecule has 2 aromatic carbocycles. The van der Waals surface area contributed by atoms with Crippen LogP contribution in [0.25, 0.3) is 12.2 Å². The van der Waals surface area contributed by atoms with Gasteiger partial charge in [0.25, 0.3) is 0 Å². The highest BCUT2D eigenvalue weighted by Crippen LogP contribution is 2.45. The number of fused-ring (bicyclic) bond motifs is 1. The highest BCUT2D eigenvalue weighted by atomic mass is 16.4. The van der Waals surface area contributed by atoms with E-state index in [1.54, 1.807) is 30.5 Å². The van der Waals surface area contributed by atoms with Gasteiger partial charge in [0.2, 0.25) is 0 Å². The van der Waals surface area contributed by atoms with Crippen molar-refractivity contribution >= 4 is 23.9 Å². The van der Waals surface area contributed by atoms with Crippen molar-refractivity contribution < 1.29 is 14.7 Å². The van der Waals surface area contributed by atoms with E-state index in [1.807, 2.05) is 42.9 Å². The van der Waals surface area contributed by atoms with E-state index in [1.165, 1.54) is 5.56 Å². The molecule has 1 heterocycles. The molecule has 0 atom stereocenters. The normalized spacial score (nSPS) is 16.8. The van der Waals surface area contributed by atoms with Gasteiger partial charge in [0.15, 0.2) is 0 Å². The number of benzene rings is 2. The van der Waals surface area contributed by atoms with Gasteiger partial charge in [-0.15, -0.1) is 0 Å². The minimum atomic E-state index is -0.939. The first kappa shape index (κ1) is 21.8. The Kier molecular flexibility index (Phi) is 5.37. The molecule has 5 nitrogen and oxygen atoms in total. The second-order valence-electron chi connectivity index (χ2n) is 9.67. The molecule has 1 aromatic heterocycles. The number of nitrogens with zero attached hydrogens (tertiary/aromatic N) is 2. The number of rotatable bonds is 5. The fourth-order valence-electron chi connectivity index (χ4n) is 4.39. The molecule has 0 saturated carbocycles. The molecule has 0 unspecified atom stereocenters. The van der Waals surface area contributed by atoms with Gasteiger partial charge < -0.3 is 5.11 Å². The SMILES string of the molecule is CC1(C)CC(=O)C(C)(C)c2cc(/C=C/c3ccc(C(=O)O)cc3)c(Cn3cccn3)cc21. The topological polar surface area (TPSA) is 72.2 Å². The maximum absolute atomic E-state index is 12.9. The summed E-state index contributed by atoms with van der Waals surface area (Å²) < 4.78 is 1.90. The predicted molar refractivity (Wildman–Crippen MR) is 126 cm³/mol. The van der Waals surface area contributed by atoms with Crippen molar-refractivity contribution in [2.45, 2.75) is 51.5 Å². The van der Waals surface area contributed by atoms with Gasteiger partial charge in [-0.2, -0.15) is 5.10 Å². The summed E-state index contributed by atoms with van der Waals surface area (Å²) in [6, 6.07) is 13.1. The zero-order valence-electron chi connectivity index (χ0n) is 18.9. The van der Waals surface area contributed by atoms with E-state index < -0.39 is 11.4 Å². The number of carboxylic acid groups (broad SMARTS) is 1. The number of hydrogen-bond acceptors (Lipinski definition) is 3. The third-order valence-electron chi connectivity index (χ3n) is 6.49. The Bertz CT molecular complexity index is 1200. The van der Waals surface area contributed by atoms with Gasteiger partial charge >= 0.3 is 5.97 Å². The lowest BCUT2D eigenvalue weighted by molar-refractivity contribution is -0.125. The Morgan fingerprint density at radius 2 is 1.81 bits per heavy atom. The second kappa shape index (κ2) is 7.90. The first-order valence-electron chi connectivity index (χ1n) is 10.8. The number of carbonyl (C=O) groups is 2. The maximum atomic E-state index is 12.9. The first-order valence-corrected chi connectivity index (χ1v) is 10.8. The molecule has 5 heteroatoms. The molecule has 0 radical (unpaired) electrons. The van der Waals surface area contributed by atoms with Crippen LogP contribution in [0.5, 0.6) is 0 Å². The van der Waals surface area contributed by atoms with Crippen LogP contribution in [0.15, 0.2) is 54.9 Å². The van der Waals surface area contributed by atoms with E-state index in [2.05, 4.69) is 31.1 Å². The van der Waals surface area contributed by atoms with Crippen LogP contribution in [0, 0.1) is 0 Å². The standard InChI is InChI=1S/C27H28N2O3/c1-26(2)16-24(30)27(3,4)23-14-20(11-8-18-6-9-19(10-7-18)25(31)32)21(15-22(23)26)17-29-13-5-12-28-29/h5-15H,16-17H2,1-4H3,(H,31,32)/b11-8+. The molecule has 0 amide bonds. The summed E-state index contributed by atoms with van der Waals surface area (Å²) in [5, 5.41) is 13.5. The molecule has 1 aliphatic rings. The van der Waals surface area contributed by atoms with Crippen molar-refractivity contribution in [2.24, 2.45) is 0 Å². The monoisotopic (exact) mass is 428 g/mol. The summed E-state index contributed by atoms with van der Waals surface area (Å²) >= 11 is 0. The zero-order valence-corrected chi connectivity index (χ0v) is 18.9. The number of ketones is 1. The lowest BCUT2D eigenvalue weighted by atomic mass is 9.62. The Balaban J connectivity index is 1.81. The third kappa shape index (κ3) is 4.03. The molecule has 0 bridgehead atoms. The quantitative estimate of drug-likeness (QED) is 0.558. The number of aromatic carboxylic acids is 1. The molecule has 0 fully saturated rings. The number of carboxylic acids is 1. The summed E-state index contributed by atoms with van der Waals surface area (Å²) in [6.07, 6.45) is 8.25. The summed E-state index contributed by atoms with van der Waals surface area (Å²) in [6.45, 7) is 8.91. The molecule has 1 aliphatic carbocycles. The van der Waals surface area contributed by atoms with E-state index in [9.17, 15) is 9.59 Å². The summed E-state index contributed by atoms with van der Waals surface area (Å²) in [5.41, 5.74) is 4.85. The van der Waals surface area contributed by atoms with Crippen molar-refractivity contribution in [1.82, 2.24) is 9.78 Å².